The number of nitrogen functional groups attached to an aromatic ring is 1. The van der Waals surface area contributed by atoms with Gasteiger partial charge in [-0.1, -0.05) is 85.8 Å². The van der Waals surface area contributed by atoms with Gasteiger partial charge in [0.2, 0.25) is 11.0 Å². The standard InChI is InChI=1S/C27H30N6OS.C2H6/c28-22(17-21-18-23(30-26(21)29)15-19-9-3-1-4-10-19)13-7-8-14-25-32-33-27(35-25)31-24(34)16-20-11-5-2-6-12-20;1-2/h1-6,9-12,17-18,30H,7-8,13-16,28-29H2,(H,31,33,34);1-2H3/b22-17-;. The van der Waals surface area contributed by atoms with Gasteiger partial charge in [0.1, 0.15) is 10.8 Å². The third-order valence-electron chi connectivity index (χ3n) is 5.54. The van der Waals surface area contributed by atoms with E-state index in [9.17, 15) is 4.79 Å². The molecule has 0 spiro atoms. The molecule has 7 nitrogen and oxygen atoms in total. The number of benzene rings is 2. The van der Waals surface area contributed by atoms with Crippen LogP contribution in [-0.2, 0) is 24.1 Å². The zero-order chi connectivity index (χ0) is 26.5. The summed E-state index contributed by atoms with van der Waals surface area (Å²) in [6.07, 6.45) is 6.51. The van der Waals surface area contributed by atoms with Crippen LogP contribution in [0, 0.1) is 0 Å². The molecular formula is C29H36N6OS. The number of anilines is 2. The summed E-state index contributed by atoms with van der Waals surface area (Å²) in [5.41, 5.74) is 17.4. The SMILES string of the molecule is CC.N/C(=C\c1cc(Cc2ccccc2)[nH]c1N)CCCCc1nnc(NC(=O)Cc2ccccc2)s1. The van der Waals surface area contributed by atoms with Gasteiger partial charge in [0.05, 0.1) is 6.42 Å². The summed E-state index contributed by atoms with van der Waals surface area (Å²) in [5.74, 6) is 0.544. The number of hydrogen-bond donors (Lipinski definition) is 4. The van der Waals surface area contributed by atoms with Crippen LogP contribution in [0.4, 0.5) is 10.9 Å². The quantitative estimate of drug-likeness (QED) is 0.183. The highest BCUT2D eigenvalue weighted by Crippen LogP contribution is 2.21. The first-order valence-electron chi connectivity index (χ1n) is 12.7. The summed E-state index contributed by atoms with van der Waals surface area (Å²) in [4.78, 5) is 15.4. The molecule has 0 bridgehead atoms. The second kappa shape index (κ2) is 14.6. The molecule has 0 unspecified atom stereocenters. The number of rotatable bonds is 11. The topological polar surface area (TPSA) is 123 Å². The van der Waals surface area contributed by atoms with E-state index in [2.05, 4.69) is 38.7 Å². The maximum absolute atomic E-state index is 12.2. The highest BCUT2D eigenvalue weighted by atomic mass is 32.1. The first-order valence-corrected chi connectivity index (χ1v) is 13.5. The Balaban J connectivity index is 0.00000186. The van der Waals surface area contributed by atoms with Crippen LogP contribution in [-0.4, -0.2) is 21.1 Å². The molecular weight excluding hydrogens is 480 g/mol. The molecule has 0 aliphatic carbocycles. The van der Waals surface area contributed by atoms with Gasteiger partial charge in [0.15, 0.2) is 0 Å². The van der Waals surface area contributed by atoms with E-state index in [-0.39, 0.29) is 5.91 Å². The van der Waals surface area contributed by atoms with Crippen molar-refractivity contribution in [2.75, 3.05) is 11.1 Å². The monoisotopic (exact) mass is 516 g/mol. The van der Waals surface area contributed by atoms with E-state index in [0.29, 0.717) is 17.4 Å². The minimum atomic E-state index is -0.0900. The highest BCUT2D eigenvalue weighted by Gasteiger charge is 2.09. The summed E-state index contributed by atoms with van der Waals surface area (Å²) in [6, 6.07) is 22.0. The van der Waals surface area contributed by atoms with Crippen molar-refractivity contribution >= 4 is 34.3 Å². The fraction of sp³-hybridized carbons (Fsp3) is 0.276. The number of nitrogens with zero attached hydrogens (tertiary/aromatic N) is 2. The number of unbranched alkanes of at least 4 members (excludes halogenated alkanes) is 1. The Hall–Kier alpha value is -3.91. The molecule has 0 radical (unpaired) electrons. The summed E-state index contributed by atoms with van der Waals surface area (Å²) < 4.78 is 0. The molecule has 0 atom stereocenters. The lowest BCUT2D eigenvalue weighted by Crippen LogP contribution is -2.14. The third-order valence-corrected chi connectivity index (χ3v) is 6.44. The first kappa shape index (κ1) is 27.7. The van der Waals surface area contributed by atoms with E-state index in [1.54, 1.807) is 0 Å². The lowest BCUT2D eigenvalue weighted by Gasteiger charge is -2.01. The molecule has 194 valence electrons. The number of nitrogens with two attached hydrogens (primary N) is 2. The largest absolute Gasteiger partial charge is 0.402 e. The number of hydrogen-bond acceptors (Lipinski definition) is 6. The number of aryl methyl sites for hydroxylation is 1. The van der Waals surface area contributed by atoms with Crippen molar-refractivity contribution in [3.05, 3.63) is 99.8 Å². The lowest BCUT2D eigenvalue weighted by molar-refractivity contribution is -0.115. The van der Waals surface area contributed by atoms with Crippen LogP contribution in [0.1, 0.15) is 60.5 Å². The molecule has 0 fully saturated rings. The van der Waals surface area contributed by atoms with Crippen LogP contribution in [0.25, 0.3) is 6.08 Å². The number of nitrogens with one attached hydrogen (secondary N) is 2. The average Bonchev–Trinajstić information content (AvgIpc) is 3.49. The van der Waals surface area contributed by atoms with Gasteiger partial charge in [-0.15, -0.1) is 10.2 Å². The molecule has 2 aromatic carbocycles. The molecule has 4 rings (SSSR count). The maximum Gasteiger partial charge on any atom is 0.230 e. The Bertz CT molecular complexity index is 1260. The van der Waals surface area contributed by atoms with Gasteiger partial charge >= 0.3 is 0 Å². The normalized spacial score (nSPS) is 11.0. The molecule has 0 saturated heterocycles. The van der Waals surface area contributed by atoms with Crippen molar-refractivity contribution in [2.24, 2.45) is 5.73 Å². The van der Waals surface area contributed by atoms with E-state index in [4.69, 9.17) is 11.5 Å². The number of aromatic nitrogens is 3. The van der Waals surface area contributed by atoms with E-state index >= 15 is 0 Å². The van der Waals surface area contributed by atoms with Crippen molar-refractivity contribution in [3.63, 3.8) is 0 Å². The van der Waals surface area contributed by atoms with Crippen LogP contribution >= 0.6 is 11.3 Å². The van der Waals surface area contributed by atoms with Crippen LogP contribution in [0.2, 0.25) is 0 Å². The van der Waals surface area contributed by atoms with Crippen molar-refractivity contribution in [2.45, 2.75) is 52.4 Å². The minimum absolute atomic E-state index is 0.0900. The Labute approximate surface area is 223 Å². The fourth-order valence-corrected chi connectivity index (χ4v) is 4.60. The number of amides is 1. The van der Waals surface area contributed by atoms with Crippen molar-refractivity contribution in [1.82, 2.24) is 15.2 Å². The summed E-state index contributed by atoms with van der Waals surface area (Å²) >= 11 is 1.42. The molecule has 4 aromatic rings. The van der Waals surface area contributed by atoms with Gasteiger partial charge in [-0.25, -0.2) is 0 Å². The van der Waals surface area contributed by atoms with E-state index in [1.165, 1.54) is 16.9 Å². The second-order valence-electron chi connectivity index (χ2n) is 8.46. The van der Waals surface area contributed by atoms with Gasteiger partial charge in [-0.2, -0.15) is 0 Å². The van der Waals surface area contributed by atoms with Crippen molar-refractivity contribution in [1.29, 1.82) is 0 Å². The van der Waals surface area contributed by atoms with E-state index in [0.717, 1.165) is 59.6 Å². The van der Waals surface area contributed by atoms with Gasteiger partial charge < -0.3 is 21.8 Å². The smallest absolute Gasteiger partial charge is 0.230 e. The zero-order valence-electron chi connectivity index (χ0n) is 21.5. The van der Waals surface area contributed by atoms with Crippen LogP contribution < -0.4 is 16.8 Å². The highest BCUT2D eigenvalue weighted by molar-refractivity contribution is 7.15. The Morgan fingerprint density at radius 3 is 2.38 bits per heavy atom. The van der Waals surface area contributed by atoms with Gasteiger partial charge in [0, 0.05) is 29.8 Å². The molecule has 1 amide bonds. The van der Waals surface area contributed by atoms with Crippen LogP contribution in [0.5, 0.6) is 0 Å². The zero-order valence-corrected chi connectivity index (χ0v) is 22.4. The maximum atomic E-state index is 12.2. The van der Waals surface area contributed by atoms with Crippen LogP contribution in [0.15, 0.2) is 72.4 Å². The summed E-state index contributed by atoms with van der Waals surface area (Å²) in [5, 5.41) is 12.6. The van der Waals surface area contributed by atoms with Gasteiger partial charge in [-0.3, -0.25) is 4.79 Å². The predicted octanol–water partition coefficient (Wildman–Crippen LogP) is 5.96. The lowest BCUT2D eigenvalue weighted by atomic mass is 10.1. The average molecular weight is 517 g/mol. The molecule has 0 saturated carbocycles. The first-order chi connectivity index (χ1) is 18.0. The molecule has 6 N–H and O–H groups in total. The number of allylic oxidation sites excluding steroid dienone is 1. The molecule has 8 heteroatoms. The molecule has 2 aromatic heterocycles. The molecule has 37 heavy (non-hydrogen) atoms. The second-order valence-corrected chi connectivity index (χ2v) is 9.53. The van der Waals surface area contributed by atoms with Crippen molar-refractivity contribution in [3.8, 4) is 0 Å². The van der Waals surface area contributed by atoms with Gasteiger partial charge in [-0.05, 0) is 42.5 Å². The number of H-pyrrole nitrogens is 1. The van der Waals surface area contributed by atoms with Gasteiger partial charge in [0.25, 0.3) is 0 Å². The fourth-order valence-electron chi connectivity index (χ4n) is 3.80. The predicted molar refractivity (Wildman–Crippen MR) is 154 cm³/mol. The Morgan fingerprint density at radius 2 is 1.68 bits per heavy atom. The third kappa shape index (κ3) is 9.24. The van der Waals surface area contributed by atoms with E-state index < -0.39 is 0 Å². The molecule has 0 aliphatic heterocycles. The Kier molecular flexibility index (Phi) is 10.9. The van der Waals surface area contributed by atoms with Crippen molar-refractivity contribution < 1.29 is 4.79 Å². The Morgan fingerprint density at radius 1 is 1.00 bits per heavy atom. The van der Waals surface area contributed by atoms with E-state index in [1.807, 2.05) is 68.5 Å². The summed E-state index contributed by atoms with van der Waals surface area (Å²) in [7, 11) is 0. The number of carbonyl (C=O) groups is 1. The van der Waals surface area contributed by atoms with Crippen LogP contribution in [0.3, 0.4) is 0 Å². The minimum Gasteiger partial charge on any atom is -0.402 e. The number of carbonyl (C=O) groups excluding carboxylic acids is 1. The molecule has 2 heterocycles. The summed E-state index contributed by atoms with van der Waals surface area (Å²) in [6.45, 7) is 4.00. The number of aromatic amines is 1. The molecule has 0 aliphatic rings.